The fourth-order valence-corrected chi connectivity index (χ4v) is 1.90. The number of rotatable bonds is 3. The molecule has 0 aliphatic carbocycles. The number of amides is 1. The van der Waals surface area contributed by atoms with Gasteiger partial charge in [-0.15, -0.1) is 0 Å². The maximum atomic E-state index is 11.0. The minimum Gasteiger partial charge on any atom is -0.474 e. The van der Waals surface area contributed by atoms with Gasteiger partial charge < -0.3 is 14.9 Å². The number of nitrogens with zero attached hydrogens (tertiary/aromatic N) is 2. The summed E-state index contributed by atoms with van der Waals surface area (Å²) in [5.41, 5.74) is 0. The normalized spacial score (nSPS) is 21.6. The second-order valence-corrected chi connectivity index (χ2v) is 4.24. The summed E-state index contributed by atoms with van der Waals surface area (Å²) in [6.07, 6.45) is 2.03. The zero-order valence-corrected chi connectivity index (χ0v) is 9.27. The van der Waals surface area contributed by atoms with Crippen LogP contribution >= 0.6 is 0 Å². The Kier molecular flexibility index (Phi) is 4.08. The van der Waals surface area contributed by atoms with E-state index in [2.05, 4.69) is 11.9 Å². The van der Waals surface area contributed by atoms with E-state index in [0.717, 1.165) is 25.9 Å². The monoisotopic (exact) mass is 214 g/mol. The van der Waals surface area contributed by atoms with Crippen molar-refractivity contribution in [2.45, 2.75) is 12.8 Å². The molecule has 1 N–H and O–H groups in total. The molecule has 0 spiro atoms. The number of hydrogen-bond donors (Lipinski definition) is 1. The van der Waals surface area contributed by atoms with E-state index >= 15 is 0 Å². The molecular weight excluding hydrogens is 196 g/mol. The number of likely N-dealkylation sites (tertiary alicyclic amines) is 1. The highest BCUT2D eigenvalue weighted by Gasteiger charge is 2.22. The SMILES string of the molecule is CN1CCC(CCN(C)C(=O)C(=O)O)C1. The number of carbonyl (C=O) groups excluding carboxylic acids is 1. The molecule has 1 atom stereocenters. The molecule has 1 saturated heterocycles. The summed E-state index contributed by atoms with van der Waals surface area (Å²) in [6.45, 7) is 2.68. The van der Waals surface area contributed by atoms with Crippen LogP contribution in [0.15, 0.2) is 0 Å². The number of carboxylic acid groups (broad SMARTS) is 1. The van der Waals surface area contributed by atoms with E-state index in [1.165, 1.54) is 11.9 Å². The molecule has 15 heavy (non-hydrogen) atoms. The Labute approximate surface area is 89.7 Å². The summed E-state index contributed by atoms with van der Waals surface area (Å²) < 4.78 is 0. The van der Waals surface area contributed by atoms with Crippen molar-refractivity contribution in [3.8, 4) is 0 Å². The number of carbonyl (C=O) groups is 2. The predicted octanol–water partition coefficient (Wildman–Crippen LogP) is -0.129. The van der Waals surface area contributed by atoms with Crippen LogP contribution in [0.4, 0.5) is 0 Å². The van der Waals surface area contributed by atoms with Crippen LogP contribution in [0.2, 0.25) is 0 Å². The lowest BCUT2D eigenvalue weighted by molar-refractivity contribution is -0.155. The number of likely N-dealkylation sites (N-methyl/N-ethyl adjacent to an activating group) is 1. The van der Waals surface area contributed by atoms with Crippen molar-refractivity contribution in [2.24, 2.45) is 5.92 Å². The van der Waals surface area contributed by atoms with Crippen molar-refractivity contribution in [1.82, 2.24) is 9.80 Å². The molecule has 86 valence electrons. The average Bonchev–Trinajstić information content (AvgIpc) is 2.59. The Bertz CT molecular complexity index is 255. The molecule has 1 fully saturated rings. The smallest absolute Gasteiger partial charge is 0.394 e. The van der Waals surface area contributed by atoms with Gasteiger partial charge in [0.1, 0.15) is 0 Å². The molecule has 1 rings (SSSR count). The van der Waals surface area contributed by atoms with Gasteiger partial charge in [-0.05, 0) is 32.4 Å². The summed E-state index contributed by atoms with van der Waals surface area (Å²) >= 11 is 0. The van der Waals surface area contributed by atoms with Gasteiger partial charge in [-0.1, -0.05) is 0 Å². The molecule has 5 nitrogen and oxygen atoms in total. The third kappa shape index (κ3) is 3.51. The third-order valence-corrected chi connectivity index (χ3v) is 2.89. The van der Waals surface area contributed by atoms with E-state index in [9.17, 15) is 9.59 Å². The molecule has 0 bridgehead atoms. The largest absolute Gasteiger partial charge is 0.474 e. The van der Waals surface area contributed by atoms with Gasteiger partial charge in [0.15, 0.2) is 0 Å². The van der Waals surface area contributed by atoms with Gasteiger partial charge in [-0.3, -0.25) is 4.79 Å². The van der Waals surface area contributed by atoms with Crippen LogP contribution in [0, 0.1) is 5.92 Å². The maximum Gasteiger partial charge on any atom is 0.394 e. The molecular formula is C10H18N2O3. The van der Waals surface area contributed by atoms with Crippen LogP contribution in [0.1, 0.15) is 12.8 Å². The van der Waals surface area contributed by atoms with Gasteiger partial charge in [-0.2, -0.15) is 0 Å². The molecule has 0 aromatic heterocycles. The zero-order valence-electron chi connectivity index (χ0n) is 9.27. The first kappa shape index (κ1) is 12.0. The average molecular weight is 214 g/mol. The fraction of sp³-hybridized carbons (Fsp3) is 0.800. The van der Waals surface area contributed by atoms with E-state index in [0.29, 0.717) is 12.5 Å². The Balaban J connectivity index is 2.25. The summed E-state index contributed by atoms with van der Waals surface area (Å²) in [6, 6.07) is 0. The van der Waals surface area contributed by atoms with Crippen LogP contribution in [-0.2, 0) is 9.59 Å². The van der Waals surface area contributed by atoms with Crippen molar-refractivity contribution in [1.29, 1.82) is 0 Å². The molecule has 0 aromatic rings. The van der Waals surface area contributed by atoms with E-state index in [4.69, 9.17) is 5.11 Å². The number of carboxylic acids is 1. The minimum atomic E-state index is -1.37. The lowest BCUT2D eigenvalue weighted by Crippen LogP contribution is -2.34. The molecule has 0 aromatic carbocycles. The molecule has 1 heterocycles. The second kappa shape index (κ2) is 5.11. The highest BCUT2D eigenvalue weighted by atomic mass is 16.4. The fourth-order valence-electron chi connectivity index (χ4n) is 1.90. The van der Waals surface area contributed by atoms with Crippen LogP contribution in [0.25, 0.3) is 0 Å². The van der Waals surface area contributed by atoms with E-state index in [1.54, 1.807) is 0 Å². The molecule has 5 heteroatoms. The van der Waals surface area contributed by atoms with Crippen molar-refractivity contribution < 1.29 is 14.7 Å². The summed E-state index contributed by atoms with van der Waals surface area (Å²) in [4.78, 5) is 24.9. The van der Waals surface area contributed by atoms with Crippen molar-refractivity contribution in [3.05, 3.63) is 0 Å². The summed E-state index contributed by atoms with van der Waals surface area (Å²) in [7, 11) is 3.61. The van der Waals surface area contributed by atoms with Crippen molar-refractivity contribution in [3.63, 3.8) is 0 Å². The van der Waals surface area contributed by atoms with Crippen molar-refractivity contribution in [2.75, 3.05) is 33.7 Å². The summed E-state index contributed by atoms with van der Waals surface area (Å²) in [5, 5.41) is 8.49. The van der Waals surface area contributed by atoms with Crippen LogP contribution in [-0.4, -0.2) is 60.5 Å². The zero-order chi connectivity index (χ0) is 11.4. The first-order chi connectivity index (χ1) is 7.00. The van der Waals surface area contributed by atoms with Gasteiger partial charge in [0.2, 0.25) is 0 Å². The highest BCUT2D eigenvalue weighted by molar-refractivity contribution is 6.31. The Hall–Kier alpha value is -1.10. The Morgan fingerprint density at radius 1 is 1.53 bits per heavy atom. The van der Waals surface area contributed by atoms with Gasteiger partial charge in [0.05, 0.1) is 0 Å². The van der Waals surface area contributed by atoms with E-state index in [-0.39, 0.29) is 0 Å². The van der Waals surface area contributed by atoms with Gasteiger partial charge in [0, 0.05) is 20.1 Å². The first-order valence-corrected chi connectivity index (χ1v) is 5.17. The van der Waals surface area contributed by atoms with Gasteiger partial charge in [0.25, 0.3) is 0 Å². The Morgan fingerprint density at radius 2 is 2.20 bits per heavy atom. The molecule has 0 saturated carbocycles. The third-order valence-electron chi connectivity index (χ3n) is 2.89. The van der Waals surface area contributed by atoms with Gasteiger partial charge in [-0.25, -0.2) is 4.79 Å². The lowest BCUT2D eigenvalue weighted by atomic mass is 10.1. The lowest BCUT2D eigenvalue weighted by Gasteiger charge is -2.17. The molecule has 1 unspecified atom stereocenters. The molecule has 1 amide bonds. The van der Waals surface area contributed by atoms with Crippen LogP contribution in [0.3, 0.4) is 0 Å². The standard InChI is InChI=1S/C10H18N2O3/c1-11-5-3-8(7-11)4-6-12(2)9(13)10(14)15/h8H,3-7H2,1-2H3,(H,14,15). The summed E-state index contributed by atoms with van der Waals surface area (Å²) in [5.74, 6) is -1.60. The minimum absolute atomic E-state index is 0.531. The second-order valence-electron chi connectivity index (χ2n) is 4.24. The van der Waals surface area contributed by atoms with Gasteiger partial charge >= 0.3 is 11.9 Å². The molecule has 0 radical (unpaired) electrons. The predicted molar refractivity (Wildman–Crippen MR) is 55.5 cm³/mol. The highest BCUT2D eigenvalue weighted by Crippen LogP contribution is 2.17. The molecule has 1 aliphatic rings. The number of aliphatic carboxylic acids is 1. The van der Waals surface area contributed by atoms with Crippen LogP contribution < -0.4 is 0 Å². The van der Waals surface area contributed by atoms with Crippen LogP contribution in [0.5, 0.6) is 0 Å². The quantitative estimate of drug-likeness (QED) is 0.665. The topological polar surface area (TPSA) is 60.9 Å². The first-order valence-electron chi connectivity index (χ1n) is 5.17. The number of hydrogen-bond acceptors (Lipinski definition) is 3. The molecule has 1 aliphatic heterocycles. The van der Waals surface area contributed by atoms with E-state index < -0.39 is 11.9 Å². The van der Waals surface area contributed by atoms with Crippen molar-refractivity contribution >= 4 is 11.9 Å². The maximum absolute atomic E-state index is 11.0. The van der Waals surface area contributed by atoms with E-state index in [1.807, 2.05) is 0 Å². The Morgan fingerprint density at radius 3 is 2.67 bits per heavy atom.